The van der Waals surface area contributed by atoms with Gasteiger partial charge in [-0.3, -0.25) is 4.79 Å². The molecule has 5 nitrogen and oxygen atoms in total. The number of aryl methyl sites for hydroxylation is 2. The minimum Gasteiger partial charge on any atom is -0.323 e. The van der Waals surface area contributed by atoms with Crippen LogP contribution >= 0.6 is 0 Å². The largest absolute Gasteiger partial charge is 0.323 e. The molecule has 0 aromatic heterocycles. The second-order valence-electron chi connectivity index (χ2n) is 6.23. The van der Waals surface area contributed by atoms with Crippen LogP contribution in [-0.4, -0.2) is 20.9 Å². The molecule has 3 rings (SSSR count). The van der Waals surface area contributed by atoms with Gasteiger partial charge < -0.3 is 5.32 Å². The predicted molar refractivity (Wildman–Crippen MR) is 103 cm³/mol. The quantitative estimate of drug-likeness (QED) is 0.767. The van der Waals surface area contributed by atoms with Crippen LogP contribution in [0.4, 0.5) is 5.69 Å². The Morgan fingerprint density at radius 2 is 1.81 bits per heavy atom. The monoisotopic (exact) mass is 370 g/mol. The van der Waals surface area contributed by atoms with Crippen LogP contribution in [-0.2, 0) is 27.7 Å². The van der Waals surface area contributed by atoms with Gasteiger partial charge in [0, 0.05) is 18.3 Å². The van der Waals surface area contributed by atoms with E-state index in [0.29, 0.717) is 6.54 Å². The van der Waals surface area contributed by atoms with Gasteiger partial charge in [0.1, 0.15) is 0 Å². The van der Waals surface area contributed by atoms with Crippen LogP contribution in [0.1, 0.15) is 30.0 Å². The first-order chi connectivity index (χ1) is 12.5. The van der Waals surface area contributed by atoms with Gasteiger partial charge in [-0.25, -0.2) is 13.1 Å². The first-order valence-corrected chi connectivity index (χ1v) is 10.2. The van der Waals surface area contributed by atoms with Gasteiger partial charge in [0.05, 0.1) is 4.90 Å². The van der Waals surface area contributed by atoms with E-state index in [1.54, 1.807) is 25.1 Å². The van der Waals surface area contributed by atoms with Gasteiger partial charge in [-0.1, -0.05) is 25.1 Å². The van der Waals surface area contributed by atoms with Crippen molar-refractivity contribution in [3.63, 3.8) is 0 Å². The van der Waals surface area contributed by atoms with E-state index in [0.717, 1.165) is 24.1 Å². The maximum Gasteiger partial charge on any atom is 0.248 e. The molecule has 1 aliphatic rings. The third-order valence-corrected chi connectivity index (χ3v) is 5.88. The molecule has 1 amide bonds. The zero-order valence-electron chi connectivity index (χ0n) is 14.7. The van der Waals surface area contributed by atoms with Gasteiger partial charge in [-0.05, 0) is 66.3 Å². The first-order valence-electron chi connectivity index (χ1n) is 8.68. The van der Waals surface area contributed by atoms with Crippen LogP contribution in [0.3, 0.4) is 0 Å². The van der Waals surface area contributed by atoms with E-state index in [1.165, 1.54) is 35.8 Å². The summed E-state index contributed by atoms with van der Waals surface area (Å²) in [4.78, 5) is 12.3. The molecule has 0 fully saturated rings. The van der Waals surface area contributed by atoms with Crippen molar-refractivity contribution in [1.82, 2.24) is 4.72 Å². The molecule has 0 saturated heterocycles. The van der Waals surface area contributed by atoms with Crippen LogP contribution in [0.15, 0.2) is 53.4 Å². The summed E-state index contributed by atoms with van der Waals surface area (Å²) in [6, 6.07) is 12.4. The Hall–Kier alpha value is -2.44. The predicted octanol–water partition coefficient (Wildman–Crippen LogP) is 3.13. The molecule has 0 unspecified atom stereocenters. The average molecular weight is 370 g/mol. The second-order valence-corrected chi connectivity index (χ2v) is 8.00. The lowest BCUT2D eigenvalue weighted by molar-refractivity contribution is -0.111. The fraction of sp³-hybridized carbons (Fsp3) is 0.250. The summed E-state index contributed by atoms with van der Waals surface area (Å²) in [6.07, 6.45) is 6.46. The van der Waals surface area contributed by atoms with Crippen molar-refractivity contribution in [3.8, 4) is 0 Å². The molecule has 1 aliphatic carbocycles. The normalized spacial score (nSPS) is 13.7. The fourth-order valence-electron chi connectivity index (χ4n) is 3.04. The summed E-state index contributed by atoms with van der Waals surface area (Å²) in [5.41, 5.74) is 4.23. The lowest BCUT2D eigenvalue weighted by Crippen LogP contribution is -2.22. The van der Waals surface area contributed by atoms with Crippen molar-refractivity contribution in [2.45, 2.75) is 31.1 Å². The minimum absolute atomic E-state index is 0.207. The van der Waals surface area contributed by atoms with Crippen molar-refractivity contribution in [3.05, 3.63) is 65.2 Å². The van der Waals surface area contributed by atoms with E-state index >= 15 is 0 Å². The standard InChI is InChI=1S/C20H22N2O3S/c1-2-21-26(24,25)19-11-6-15(7-12-19)8-13-20(23)22-18-10-9-16-4-3-5-17(16)14-18/h6-14,21H,2-5H2,1H3,(H,22,23)/b13-8+. The number of nitrogens with one attached hydrogen (secondary N) is 2. The zero-order chi connectivity index (χ0) is 18.6. The highest BCUT2D eigenvalue weighted by molar-refractivity contribution is 7.89. The van der Waals surface area contributed by atoms with Crippen LogP contribution in [0.2, 0.25) is 0 Å². The van der Waals surface area contributed by atoms with Crippen molar-refractivity contribution < 1.29 is 13.2 Å². The van der Waals surface area contributed by atoms with E-state index in [9.17, 15) is 13.2 Å². The van der Waals surface area contributed by atoms with Gasteiger partial charge in [0.15, 0.2) is 0 Å². The number of fused-ring (bicyclic) bond motifs is 1. The zero-order valence-corrected chi connectivity index (χ0v) is 15.5. The molecule has 0 atom stereocenters. The fourth-order valence-corrected chi connectivity index (χ4v) is 4.08. The molecular weight excluding hydrogens is 348 g/mol. The molecule has 0 heterocycles. The summed E-state index contributed by atoms with van der Waals surface area (Å²) in [7, 11) is -3.46. The molecule has 2 N–H and O–H groups in total. The Labute approximate surface area is 154 Å². The molecule has 2 aromatic carbocycles. The van der Waals surface area contributed by atoms with Crippen molar-refractivity contribution in [2.75, 3.05) is 11.9 Å². The second kappa shape index (κ2) is 7.85. The molecule has 6 heteroatoms. The number of hydrogen-bond acceptors (Lipinski definition) is 3. The molecule has 0 spiro atoms. The summed E-state index contributed by atoms with van der Waals surface area (Å²) in [5.74, 6) is -0.215. The first kappa shape index (κ1) is 18.4. The number of hydrogen-bond donors (Lipinski definition) is 2. The molecule has 26 heavy (non-hydrogen) atoms. The third kappa shape index (κ3) is 4.39. The summed E-state index contributed by atoms with van der Waals surface area (Å²) >= 11 is 0. The molecule has 0 radical (unpaired) electrons. The lowest BCUT2D eigenvalue weighted by Gasteiger charge is -2.06. The number of sulfonamides is 1. The Morgan fingerprint density at radius 3 is 2.54 bits per heavy atom. The van der Waals surface area contributed by atoms with Gasteiger partial charge >= 0.3 is 0 Å². The molecule has 136 valence electrons. The highest BCUT2D eigenvalue weighted by atomic mass is 32.2. The molecule has 0 saturated carbocycles. The van der Waals surface area contributed by atoms with Crippen LogP contribution in [0.25, 0.3) is 6.08 Å². The van der Waals surface area contributed by atoms with Gasteiger partial charge in [-0.15, -0.1) is 0 Å². The van der Waals surface area contributed by atoms with Gasteiger partial charge in [0.2, 0.25) is 15.9 Å². The number of anilines is 1. The SMILES string of the molecule is CCNS(=O)(=O)c1ccc(/C=C/C(=O)Nc2ccc3c(c2)CCC3)cc1. The van der Waals surface area contributed by atoms with E-state index in [4.69, 9.17) is 0 Å². The number of carbonyl (C=O) groups excluding carboxylic acids is 1. The summed E-state index contributed by atoms with van der Waals surface area (Å²) in [5, 5.41) is 2.86. The minimum atomic E-state index is -3.46. The van der Waals surface area contributed by atoms with E-state index in [1.807, 2.05) is 12.1 Å². The van der Waals surface area contributed by atoms with E-state index in [-0.39, 0.29) is 10.8 Å². The number of benzene rings is 2. The van der Waals surface area contributed by atoms with Crippen LogP contribution in [0, 0.1) is 0 Å². The Balaban J connectivity index is 1.63. The van der Waals surface area contributed by atoms with Crippen molar-refractivity contribution in [2.24, 2.45) is 0 Å². The Bertz CT molecular complexity index is 932. The molecular formula is C20H22N2O3S. The number of rotatable bonds is 6. The van der Waals surface area contributed by atoms with E-state index in [2.05, 4.69) is 16.1 Å². The Morgan fingerprint density at radius 1 is 1.08 bits per heavy atom. The maximum atomic E-state index is 12.1. The van der Waals surface area contributed by atoms with Gasteiger partial charge in [0.25, 0.3) is 0 Å². The highest BCUT2D eigenvalue weighted by Gasteiger charge is 2.12. The Kier molecular flexibility index (Phi) is 5.54. The van der Waals surface area contributed by atoms with Crippen LogP contribution < -0.4 is 10.0 Å². The average Bonchev–Trinajstić information content (AvgIpc) is 3.08. The highest BCUT2D eigenvalue weighted by Crippen LogP contribution is 2.24. The number of amides is 1. The van der Waals surface area contributed by atoms with Crippen molar-refractivity contribution >= 4 is 27.7 Å². The molecule has 0 bridgehead atoms. The molecule has 2 aromatic rings. The summed E-state index contributed by atoms with van der Waals surface area (Å²) < 4.78 is 26.2. The topological polar surface area (TPSA) is 75.3 Å². The number of carbonyl (C=O) groups is 1. The maximum absolute atomic E-state index is 12.1. The smallest absolute Gasteiger partial charge is 0.248 e. The van der Waals surface area contributed by atoms with Crippen LogP contribution in [0.5, 0.6) is 0 Å². The summed E-state index contributed by atoms with van der Waals surface area (Å²) in [6.45, 7) is 2.07. The lowest BCUT2D eigenvalue weighted by atomic mass is 10.1. The van der Waals surface area contributed by atoms with Crippen molar-refractivity contribution in [1.29, 1.82) is 0 Å². The third-order valence-electron chi connectivity index (χ3n) is 4.32. The van der Waals surface area contributed by atoms with Gasteiger partial charge in [-0.2, -0.15) is 0 Å². The molecule has 0 aliphatic heterocycles. The van der Waals surface area contributed by atoms with E-state index < -0.39 is 10.0 Å².